The molecule has 1 unspecified atom stereocenters. The Morgan fingerprint density at radius 1 is 1.47 bits per heavy atom. The molecule has 0 saturated heterocycles. The van der Waals surface area contributed by atoms with E-state index in [1.54, 1.807) is 6.92 Å². The normalized spacial score (nSPS) is 13.0. The highest BCUT2D eigenvalue weighted by molar-refractivity contribution is 7.92. The highest BCUT2D eigenvalue weighted by Crippen LogP contribution is 2.17. The van der Waals surface area contributed by atoms with E-state index in [0.717, 1.165) is 6.07 Å². The Hall–Kier alpha value is -1.63. The van der Waals surface area contributed by atoms with Gasteiger partial charge in [0.15, 0.2) is 9.84 Å². The number of amides is 1. The van der Waals surface area contributed by atoms with Crippen LogP contribution in [0.3, 0.4) is 0 Å². The number of sulfone groups is 1. The van der Waals surface area contributed by atoms with Crippen LogP contribution in [0, 0.1) is 5.82 Å². The lowest BCUT2D eigenvalue weighted by Crippen LogP contribution is -2.34. The molecular weight excluding hydrogens is 271 g/mol. The number of nitrogens with one attached hydrogen (secondary N) is 1. The zero-order chi connectivity index (χ0) is 14.6. The number of nitrogens with two attached hydrogens (primary N) is 1. The summed E-state index contributed by atoms with van der Waals surface area (Å²) in [6.07, 6.45) is 0.448. The molecule has 0 aliphatic carbocycles. The van der Waals surface area contributed by atoms with Crippen molar-refractivity contribution in [2.45, 2.75) is 25.5 Å². The van der Waals surface area contributed by atoms with Gasteiger partial charge in [-0.2, -0.15) is 0 Å². The van der Waals surface area contributed by atoms with E-state index >= 15 is 0 Å². The molecule has 0 heterocycles. The van der Waals surface area contributed by atoms with E-state index in [9.17, 15) is 17.6 Å². The fourth-order valence-electron chi connectivity index (χ4n) is 1.49. The molecule has 1 amide bonds. The van der Waals surface area contributed by atoms with Crippen LogP contribution < -0.4 is 11.1 Å². The van der Waals surface area contributed by atoms with E-state index in [-0.39, 0.29) is 17.1 Å². The second kappa shape index (κ2) is 6.01. The molecule has 3 N–H and O–H groups in total. The van der Waals surface area contributed by atoms with E-state index in [1.165, 1.54) is 19.1 Å². The Balaban J connectivity index is 2.82. The SMILES string of the molecule is CCCS(=O)(=O)C(C)C(=O)Nc1ccc(F)c(N)c1. The summed E-state index contributed by atoms with van der Waals surface area (Å²) in [6.45, 7) is 3.05. The molecule has 0 spiro atoms. The van der Waals surface area contributed by atoms with E-state index in [4.69, 9.17) is 5.73 Å². The number of rotatable bonds is 5. The van der Waals surface area contributed by atoms with Gasteiger partial charge in [-0.25, -0.2) is 12.8 Å². The first kappa shape index (κ1) is 15.4. The number of hydrogen-bond acceptors (Lipinski definition) is 4. The number of anilines is 2. The molecular formula is C12H17FN2O3S. The maximum atomic E-state index is 13.0. The lowest BCUT2D eigenvalue weighted by Gasteiger charge is -2.13. The number of nitrogen functional groups attached to an aromatic ring is 1. The van der Waals surface area contributed by atoms with Crippen molar-refractivity contribution < 1.29 is 17.6 Å². The highest BCUT2D eigenvalue weighted by Gasteiger charge is 2.27. The van der Waals surface area contributed by atoms with Gasteiger partial charge in [0.25, 0.3) is 0 Å². The lowest BCUT2D eigenvalue weighted by atomic mass is 10.2. The van der Waals surface area contributed by atoms with E-state index in [1.807, 2.05) is 0 Å². The minimum absolute atomic E-state index is 0.0485. The summed E-state index contributed by atoms with van der Waals surface area (Å²) in [4.78, 5) is 11.8. The van der Waals surface area contributed by atoms with Crippen molar-refractivity contribution in [2.75, 3.05) is 16.8 Å². The Kier molecular flexibility index (Phi) is 4.88. The fourth-order valence-corrected chi connectivity index (χ4v) is 2.80. The first-order valence-corrected chi connectivity index (χ1v) is 7.57. The average Bonchev–Trinajstić information content (AvgIpc) is 2.32. The van der Waals surface area contributed by atoms with Gasteiger partial charge in [0.05, 0.1) is 11.4 Å². The maximum absolute atomic E-state index is 13.0. The van der Waals surface area contributed by atoms with E-state index < -0.39 is 26.8 Å². The summed E-state index contributed by atoms with van der Waals surface area (Å²) in [5.41, 5.74) is 5.52. The molecule has 0 aliphatic heterocycles. The zero-order valence-corrected chi connectivity index (χ0v) is 11.6. The van der Waals surface area contributed by atoms with Crippen LogP contribution in [-0.4, -0.2) is 25.3 Å². The van der Waals surface area contributed by atoms with Gasteiger partial charge in [-0.15, -0.1) is 0 Å². The lowest BCUT2D eigenvalue weighted by molar-refractivity contribution is -0.115. The average molecular weight is 288 g/mol. The van der Waals surface area contributed by atoms with Gasteiger partial charge < -0.3 is 11.1 Å². The monoisotopic (exact) mass is 288 g/mol. The molecule has 106 valence electrons. The third-order valence-electron chi connectivity index (χ3n) is 2.66. The minimum atomic E-state index is -3.47. The van der Waals surface area contributed by atoms with Crippen LogP contribution in [0.25, 0.3) is 0 Å². The predicted molar refractivity (Wildman–Crippen MR) is 73.0 cm³/mol. The Morgan fingerprint density at radius 2 is 2.11 bits per heavy atom. The number of carbonyl (C=O) groups excluding carboxylic acids is 1. The summed E-state index contributed by atoms with van der Waals surface area (Å²) in [7, 11) is -3.47. The van der Waals surface area contributed by atoms with Crippen LogP contribution in [0.15, 0.2) is 18.2 Å². The molecule has 0 aliphatic rings. The van der Waals surface area contributed by atoms with Gasteiger partial charge in [0.1, 0.15) is 11.1 Å². The van der Waals surface area contributed by atoms with Gasteiger partial charge in [-0.1, -0.05) is 6.92 Å². The van der Waals surface area contributed by atoms with Gasteiger partial charge in [-0.05, 0) is 31.5 Å². The third-order valence-corrected chi connectivity index (χ3v) is 4.93. The molecule has 0 aromatic heterocycles. The number of benzene rings is 1. The van der Waals surface area contributed by atoms with Crippen LogP contribution in [-0.2, 0) is 14.6 Å². The number of hydrogen-bond donors (Lipinski definition) is 2. The number of carbonyl (C=O) groups is 1. The van der Waals surface area contributed by atoms with Crippen molar-refractivity contribution in [1.29, 1.82) is 0 Å². The van der Waals surface area contributed by atoms with Crippen molar-refractivity contribution in [3.63, 3.8) is 0 Å². The van der Waals surface area contributed by atoms with Crippen LogP contribution in [0.2, 0.25) is 0 Å². The smallest absolute Gasteiger partial charge is 0.242 e. The molecule has 0 saturated carbocycles. The largest absolute Gasteiger partial charge is 0.396 e. The fraction of sp³-hybridized carbons (Fsp3) is 0.417. The van der Waals surface area contributed by atoms with Gasteiger partial charge >= 0.3 is 0 Å². The van der Waals surface area contributed by atoms with E-state index in [0.29, 0.717) is 6.42 Å². The quantitative estimate of drug-likeness (QED) is 0.805. The van der Waals surface area contributed by atoms with Crippen LogP contribution in [0.5, 0.6) is 0 Å². The van der Waals surface area contributed by atoms with Gasteiger partial charge in [-0.3, -0.25) is 4.79 Å². The predicted octanol–water partition coefficient (Wildman–Crippen LogP) is 1.56. The zero-order valence-electron chi connectivity index (χ0n) is 10.8. The maximum Gasteiger partial charge on any atom is 0.242 e. The van der Waals surface area contributed by atoms with Crippen LogP contribution in [0.1, 0.15) is 20.3 Å². The molecule has 0 bridgehead atoms. The molecule has 0 radical (unpaired) electrons. The summed E-state index contributed by atoms with van der Waals surface area (Å²) < 4.78 is 36.4. The molecule has 0 fully saturated rings. The van der Waals surface area contributed by atoms with Crippen LogP contribution in [0.4, 0.5) is 15.8 Å². The van der Waals surface area contributed by atoms with Crippen molar-refractivity contribution in [3.05, 3.63) is 24.0 Å². The van der Waals surface area contributed by atoms with Crippen molar-refractivity contribution >= 4 is 27.1 Å². The third kappa shape index (κ3) is 3.92. The van der Waals surface area contributed by atoms with Crippen molar-refractivity contribution in [3.8, 4) is 0 Å². The second-order valence-corrected chi connectivity index (χ2v) is 6.68. The molecule has 1 atom stereocenters. The minimum Gasteiger partial charge on any atom is -0.396 e. The standard InChI is InChI=1S/C12H17FN2O3S/c1-3-6-19(17,18)8(2)12(16)15-9-4-5-10(13)11(14)7-9/h4-5,7-8H,3,6,14H2,1-2H3,(H,15,16). The highest BCUT2D eigenvalue weighted by atomic mass is 32.2. The molecule has 1 aromatic rings. The second-order valence-electron chi connectivity index (χ2n) is 4.23. The van der Waals surface area contributed by atoms with Crippen molar-refractivity contribution in [1.82, 2.24) is 0 Å². The molecule has 1 aromatic carbocycles. The molecule has 19 heavy (non-hydrogen) atoms. The summed E-state index contributed by atoms with van der Waals surface area (Å²) in [5.74, 6) is -1.29. The summed E-state index contributed by atoms with van der Waals surface area (Å²) in [6, 6.07) is 3.67. The van der Waals surface area contributed by atoms with E-state index in [2.05, 4.69) is 5.32 Å². The summed E-state index contributed by atoms with van der Waals surface area (Å²) >= 11 is 0. The Labute approximate surface area is 111 Å². The Bertz CT molecular complexity index is 572. The summed E-state index contributed by atoms with van der Waals surface area (Å²) in [5, 5.41) is 1.26. The molecule has 7 heteroatoms. The van der Waals surface area contributed by atoms with Gasteiger partial charge in [0.2, 0.25) is 5.91 Å². The molecule has 5 nitrogen and oxygen atoms in total. The molecule has 1 rings (SSSR count). The first-order chi connectivity index (χ1) is 8.77. The van der Waals surface area contributed by atoms with Crippen molar-refractivity contribution in [2.24, 2.45) is 0 Å². The number of halogens is 1. The Morgan fingerprint density at radius 3 is 2.63 bits per heavy atom. The van der Waals surface area contributed by atoms with Crippen LogP contribution >= 0.6 is 0 Å². The topological polar surface area (TPSA) is 89.3 Å². The first-order valence-electron chi connectivity index (χ1n) is 5.85. The van der Waals surface area contributed by atoms with Gasteiger partial charge in [0, 0.05) is 5.69 Å².